The molecule has 5 nitrogen and oxygen atoms in total. The second kappa shape index (κ2) is 5.40. The highest BCUT2D eigenvalue weighted by atomic mass is 16.1. The summed E-state index contributed by atoms with van der Waals surface area (Å²) in [6.07, 6.45) is 0.948. The smallest absolute Gasteiger partial charge is 0.222 e. The third kappa shape index (κ3) is 2.43. The summed E-state index contributed by atoms with van der Waals surface area (Å²) in [7, 11) is 0. The predicted molar refractivity (Wildman–Crippen MR) is 89.1 cm³/mol. The van der Waals surface area contributed by atoms with E-state index in [2.05, 4.69) is 49.4 Å². The normalized spacial score (nSPS) is 12.7. The molecule has 1 unspecified atom stereocenters. The summed E-state index contributed by atoms with van der Waals surface area (Å²) >= 11 is 0. The summed E-state index contributed by atoms with van der Waals surface area (Å²) in [5.74, 6) is 0.457. The molecule has 1 aromatic carbocycles. The lowest BCUT2D eigenvalue weighted by Crippen LogP contribution is -2.09. The molecule has 1 N–H and O–H groups in total. The number of anilines is 1. The minimum absolute atomic E-state index is 0.125. The van der Waals surface area contributed by atoms with Crippen LogP contribution < -0.4 is 5.32 Å². The Bertz CT molecular complexity index is 866. The van der Waals surface area contributed by atoms with Crippen LogP contribution in [-0.2, 0) is 4.79 Å². The molecule has 1 amide bonds. The van der Waals surface area contributed by atoms with Crippen molar-refractivity contribution in [3.8, 4) is 0 Å². The Morgan fingerprint density at radius 3 is 2.82 bits per heavy atom. The maximum atomic E-state index is 11.4. The zero-order chi connectivity index (χ0) is 15.9. The molecule has 3 rings (SSSR count). The van der Waals surface area contributed by atoms with Crippen molar-refractivity contribution in [1.82, 2.24) is 14.8 Å². The summed E-state index contributed by atoms with van der Waals surface area (Å²) in [5.41, 5.74) is 2.94. The van der Waals surface area contributed by atoms with Crippen molar-refractivity contribution in [1.29, 1.82) is 0 Å². The van der Waals surface area contributed by atoms with Crippen LogP contribution in [0, 0.1) is 6.92 Å². The van der Waals surface area contributed by atoms with E-state index < -0.39 is 0 Å². The van der Waals surface area contributed by atoms with Crippen molar-refractivity contribution < 1.29 is 4.79 Å². The number of hydrogen-bond donors (Lipinski definition) is 1. The van der Waals surface area contributed by atoms with E-state index in [4.69, 9.17) is 4.98 Å². The number of rotatable bonds is 3. The molecule has 0 spiro atoms. The van der Waals surface area contributed by atoms with Gasteiger partial charge in [-0.2, -0.15) is 5.10 Å². The van der Waals surface area contributed by atoms with Gasteiger partial charge in [-0.25, -0.2) is 9.67 Å². The van der Waals surface area contributed by atoms with Crippen LogP contribution in [0.1, 0.15) is 38.8 Å². The van der Waals surface area contributed by atoms with E-state index in [1.807, 2.05) is 10.7 Å². The molecule has 3 aromatic rings. The topological polar surface area (TPSA) is 59.8 Å². The SMILES string of the molecule is CCC(C)n1nc(NC(C)=O)c2cc3cc(C)ccc3nc21. The standard InChI is InChI=1S/C17H20N4O/c1-5-11(3)21-17-14(16(20-21)18-12(4)22)9-13-8-10(2)6-7-15(13)19-17/h6-9,11H,5H2,1-4H3,(H,18,20,22). The largest absolute Gasteiger partial charge is 0.309 e. The van der Waals surface area contributed by atoms with Gasteiger partial charge in [-0.05, 0) is 38.5 Å². The van der Waals surface area contributed by atoms with Gasteiger partial charge >= 0.3 is 0 Å². The van der Waals surface area contributed by atoms with Gasteiger partial charge in [0.05, 0.1) is 16.9 Å². The summed E-state index contributed by atoms with van der Waals surface area (Å²) in [6, 6.07) is 8.46. The van der Waals surface area contributed by atoms with Gasteiger partial charge in [-0.1, -0.05) is 18.6 Å². The molecule has 5 heteroatoms. The number of nitrogens with one attached hydrogen (secondary N) is 1. The van der Waals surface area contributed by atoms with Crippen molar-refractivity contribution in [2.24, 2.45) is 0 Å². The van der Waals surface area contributed by atoms with Crippen molar-refractivity contribution in [2.75, 3.05) is 5.32 Å². The zero-order valence-electron chi connectivity index (χ0n) is 13.3. The van der Waals surface area contributed by atoms with Crippen LogP contribution in [0.3, 0.4) is 0 Å². The summed E-state index contributed by atoms with van der Waals surface area (Å²) in [6.45, 7) is 7.76. The van der Waals surface area contributed by atoms with Crippen molar-refractivity contribution in [3.63, 3.8) is 0 Å². The van der Waals surface area contributed by atoms with Crippen LogP contribution in [0.2, 0.25) is 0 Å². The molecule has 0 saturated carbocycles. The van der Waals surface area contributed by atoms with E-state index >= 15 is 0 Å². The minimum atomic E-state index is -0.125. The molecule has 0 radical (unpaired) electrons. The Kier molecular flexibility index (Phi) is 3.56. The van der Waals surface area contributed by atoms with Crippen LogP contribution in [0.15, 0.2) is 24.3 Å². The van der Waals surface area contributed by atoms with Gasteiger partial charge in [0.25, 0.3) is 0 Å². The van der Waals surface area contributed by atoms with E-state index in [1.165, 1.54) is 12.5 Å². The Hall–Kier alpha value is -2.43. The first kappa shape index (κ1) is 14.5. The van der Waals surface area contributed by atoms with Crippen LogP contribution in [0.4, 0.5) is 5.82 Å². The first-order chi connectivity index (χ1) is 10.5. The Balaban J connectivity index is 2.32. The number of fused-ring (bicyclic) bond motifs is 2. The number of pyridine rings is 1. The van der Waals surface area contributed by atoms with E-state index in [0.717, 1.165) is 28.4 Å². The molecule has 0 aliphatic heterocycles. The Morgan fingerprint density at radius 1 is 1.36 bits per heavy atom. The number of aromatic nitrogens is 3. The highest BCUT2D eigenvalue weighted by Crippen LogP contribution is 2.29. The molecule has 2 aromatic heterocycles. The first-order valence-electron chi connectivity index (χ1n) is 7.56. The second-order valence-electron chi connectivity index (χ2n) is 5.79. The lowest BCUT2D eigenvalue weighted by Gasteiger charge is -2.10. The van der Waals surface area contributed by atoms with Crippen molar-refractivity contribution in [2.45, 2.75) is 40.2 Å². The monoisotopic (exact) mass is 296 g/mol. The Morgan fingerprint density at radius 2 is 2.14 bits per heavy atom. The van der Waals surface area contributed by atoms with Crippen molar-refractivity contribution in [3.05, 3.63) is 29.8 Å². The fourth-order valence-corrected chi connectivity index (χ4v) is 2.58. The van der Waals surface area contributed by atoms with Crippen LogP contribution in [-0.4, -0.2) is 20.7 Å². The lowest BCUT2D eigenvalue weighted by atomic mass is 10.1. The molecule has 114 valence electrons. The van der Waals surface area contributed by atoms with Crippen LogP contribution in [0.25, 0.3) is 21.9 Å². The minimum Gasteiger partial charge on any atom is -0.309 e. The van der Waals surface area contributed by atoms with E-state index in [-0.39, 0.29) is 11.9 Å². The molecule has 0 bridgehead atoms. The summed E-state index contributed by atoms with van der Waals surface area (Å²) in [4.78, 5) is 16.2. The molecular weight excluding hydrogens is 276 g/mol. The predicted octanol–water partition coefficient (Wildman–Crippen LogP) is 3.82. The maximum absolute atomic E-state index is 11.4. The molecule has 0 fully saturated rings. The van der Waals surface area contributed by atoms with E-state index in [0.29, 0.717) is 5.82 Å². The third-order valence-electron chi connectivity index (χ3n) is 3.93. The van der Waals surface area contributed by atoms with Gasteiger partial charge in [0.15, 0.2) is 11.5 Å². The highest BCUT2D eigenvalue weighted by molar-refractivity contribution is 6.02. The number of carbonyl (C=O) groups excluding carboxylic acids is 1. The molecule has 1 atom stereocenters. The van der Waals surface area contributed by atoms with Gasteiger partial charge in [-0.3, -0.25) is 4.79 Å². The number of amides is 1. The molecule has 0 saturated heterocycles. The van der Waals surface area contributed by atoms with Gasteiger partial charge in [0, 0.05) is 12.3 Å². The fourth-order valence-electron chi connectivity index (χ4n) is 2.58. The number of hydrogen-bond acceptors (Lipinski definition) is 3. The fraction of sp³-hybridized carbons (Fsp3) is 0.353. The highest BCUT2D eigenvalue weighted by Gasteiger charge is 2.17. The molecule has 0 aliphatic carbocycles. The molecular formula is C17H20N4O. The quantitative estimate of drug-likeness (QED) is 0.799. The van der Waals surface area contributed by atoms with Crippen molar-refractivity contribution >= 4 is 33.7 Å². The number of nitrogens with zero attached hydrogens (tertiary/aromatic N) is 3. The van der Waals surface area contributed by atoms with Gasteiger partial charge in [0.2, 0.25) is 5.91 Å². The van der Waals surface area contributed by atoms with Gasteiger partial charge in [-0.15, -0.1) is 0 Å². The lowest BCUT2D eigenvalue weighted by molar-refractivity contribution is -0.114. The third-order valence-corrected chi connectivity index (χ3v) is 3.93. The van der Waals surface area contributed by atoms with E-state index in [1.54, 1.807) is 0 Å². The van der Waals surface area contributed by atoms with E-state index in [9.17, 15) is 4.79 Å². The second-order valence-corrected chi connectivity index (χ2v) is 5.79. The molecule has 0 aliphatic rings. The summed E-state index contributed by atoms with van der Waals surface area (Å²) < 4.78 is 1.90. The Labute approximate surface area is 129 Å². The van der Waals surface area contributed by atoms with Gasteiger partial charge < -0.3 is 5.32 Å². The van der Waals surface area contributed by atoms with Crippen LogP contribution >= 0.6 is 0 Å². The number of benzene rings is 1. The maximum Gasteiger partial charge on any atom is 0.222 e. The molecule has 2 heterocycles. The summed E-state index contributed by atoms with van der Waals surface area (Å²) in [5, 5.41) is 9.32. The first-order valence-corrected chi connectivity index (χ1v) is 7.56. The average molecular weight is 296 g/mol. The van der Waals surface area contributed by atoms with Gasteiger partial charge in [0.1, 0.15) is 0 Å². The molecule has 22 heavy (non-hydrogen) atoms. The number of carbonyl (C=O) groups is 1. The zero-order valence-corrected chi connectivity index (χ0v) is 13.3. The average Bonchev–Trinajstić information content (AvgIpc) is 2.81. The number of aryl methyl sites for hydroxylation is 1. The van der Waals surface area contributed by atoms with Crippen LogP contribution in [0.5, 0.6) is 0 Å².